The first-order valence-electron chi connectivity index (χ1n) is 10.3. The Morgan fingerprint density at radius 3 is 2.14 bits per heavy atom. The summed E-state index contributed by atoms with van der Waals surface area (Å²) in [5, 5.41) is 5.27. The molecule has 3 nitrogen and oxygen atoms in total. The zero-order valence-corrected chi connectivity index (χ0v) is 17.1. The molecule has 1 aromatic heterocycles. The Kier molecular flexibility index (Phi) is 5.66. The normalized spacial score (nSPS) is 13.3. The summed E-state index contributed by atoms with van der Waals surface area (Å²) >= 11 is 0. The molecule has 3 heteroatoms. The third kappa shape index (κ3) is 4.04. The number of carbonyl (C=O) groups is 1. The van der Waals surface area contributed by atoms with Crippen LogP contribution in [0.1, 0.15) is 48.2 Å². The third-order valence-corrected chi connectivity index (χ3v) is 5.48. The van der Waals surface area contributed by atoms with E-state index in [1.807, 2.05) is 6.07 Å². The van der Waals surface area contributed by atoms with Crippen LogP contribution >= 0.6 is 0 Å². The van der Waals surface area contributed by atoms with E-state index in [4.69, 9.17) is 0 Å². The quantitative estimate of drug-likeness (QED) is 0.388. The maximum Gasteiger partial charge on any atom is 0.163 e. The van der Waals surface area contributed by atoms with Crippen LogP contribution < -0.4 is 0 Å². The highest BCUT2D eigenvalue weighted by Crippen LogP contribution is 2.35. The number of hydrogen-bond acceptors (Lipinski definition) is 3. The van der Waals surface area contributed by atoms with Gasteiger partial charge in [-0.3, -0.25) is 14.8 Å². The highest BCUT2D eigenvalue weighted by atomic mass is 16.1. The van der Waals surface area contributed by atoms with Crippen molar-refractivity contribution in [1.82, 2.24) is 9.97 Å². The number of aryl methyl sites for hydroxylation is 1. The van der Waals surface area contributed by atoms with E-state index < -0.39 is 0 Å². The molecule has 0 amide bonds. The lowest BCUT2D eigenvalue weighted by Crippen LogP contribution is -2.11. The Morgan fingerprint density at radius 1 is 0.828 bits per heavy atom. The molecule has 5 rings (SSSR count). The molecular formula is C26H26N2O. The van der Waals surface area contributed by atoms with Gasteiger partial charge in [-0.2, -0.15) is 0 Å². The van der Waals surface area contributed by atoms with E-state index in [9.17, 15) is 4.79 Å². The molecule has 0 fully saturated rings. The maximum atomic E-state index is 12.3. The summed E-state index contributed by atoms with van der Waals surface area (Å²) in [6.07, 6.45) is 10.3. The fourth-order valence-electron chi connectivity index (χ4n) is 4.27. The van der Waals surface area contributed by atoms with Gasteiger partial charge in [-0.25, -0.2) is 0 Å². The molecule has 29 heavy (non-hydrogen) atoms. The fourth-order valence-corrected chi connectivity index (χ4v) is 4.27. The van der Waals surface area contributed by atoms with Gasteiger partial charge in [0.15, 0.2) is 5.78 Å². The number of hydrogen-bond donors (Lipinski definition) is 0. The number of nitrogens with zero attached hydrogens (tertiary/aromatic N) is 2. The van der Waals surface area contributed by atoms with E-state index in [1.54, 1.807) is 24.8 Å². The highest BCUT2D eigenvalue weighted by Gasteiger charge is 2.20. The lowest BCUT2D eigenvalue weighted by Gasteiger charge is -2.20. The van der Waals surface area contributed by atoms with Crippen molar-refractivity contribution in [3.05, 3.63) is 83.9 Å². The van der Waals surface area contributed by atoms with Crippen molar-refractivity contribution in [2.45, 2.75) is 39.5 Å². The number of fused-ring (bicyclic) bond motifs is 5. The van der Waals surface area contributed by atoms with Gasteiger partial charge in [0.25, 0.3) is 0 Å². The van der Waals surface area contributed by atoms with Crippen LogP contribution in [-0.2, 0) is 12.8 Å². The van der Waals surface area contributed by atoms with Crippen molar-refractivity contribution in [1.29, 1.82) is 0 Å². The van der Waals surface area contributed by atoms with Crippen molar-refractivity contribution in [3.63, 3.8) is 0 Å². The SMILES string of the molecule is CC(C)Cc1cc2c3c(ccc2c2ccccc12)C(=O)CCC3.c1cnccn1. The summed E-state index contributed by atoms with van der Waals surface area (Å²) in [5.74, 6) is 0.934. The minimum Gasteiger partial charge on any atom is -0.294 e. The molecule has 146 valence electrons. The van der Waals surface area contributed by atoms with Crippen LogP contribution in [0.5, 0.6) is 0 Å². The predicted octanol–water partition coefficient (Wildman–Crippen LogP) is 6.19. The first-order valence-corrected chi connectivity index (χ1v) is 10.3. The molecule has 0 saturated carbocycles. The second-order valence-electron chi connectivity index (χ2n) is 8.04. The summed E-state index contributed by atoms with van der Waals surface area (Å²) in [5.41, 5.74) is 3.64. The number of ketones is 1. The highest BCUT2D eigenvalue weighted by molar-refractivity contribution is 6.13. The molecule has 4 aromatic rings. The number of aromatic nitrogens is 2. The lowest BCUT2D eigenvalue weighted by molar-refractivity contribution is 0.0973. The molecule has 3 aromatic carbocycles. The summed E-state index contributed by atoms with van der Waals surface area (Å²) < 4.78 is 0. The largest absolute Gasteiger partial charge is 0.294 e. The standard InChI is InChI=1S/C22H22O.C4H4N2/c1-14(2)12-15-13-21-18-8-5-9-22(23)20(18)11-10-19(21)17-7-4-3-6-16(15)17;1-2-6-4-3-5-1/h3-4,6-7,10-11,13-14H,5,8-9,12H2,1-2H3;1-4H. The molecular weight excluding hydrogens is 356 g/mol. The second kappa shape index (κ2) is 8.52. The van der Waals surface area contributed by atoms with Crippen LogP contribution in [-0.4, -0.2) is 15.8 Å². The van der Waals surface area contributed by atoms with Gasteiger partial charge in [0.1, 0.15) is 0 Å². The molecule has 0 spiro atoms. The van der Waals surface area contributed by atoms with Gasteiger partial charge in [0, 0.05) is 36.8 Å². The van der Waals surface area contributed by atoms with E-state index in [0.717, 1.165) is 24.8 Å². The van der Waals surface area contributed by atoms with E-state index in [2.05, 4.69) is 60.2 Å². The zero-order valence-electron chi connectivity index (χ0n) is 17.1. The van der Waals surface area contributed by atoms with Gasteiger partial charge >= 0.3 is 0 Å². The van der Waals surface area contributed by atoms with E-state index >= 15 is 0 Å². The number of Topliss-reactive ketones (excluding diaryl/α,β-unsaturated/α-hetero) is 1. The molecule has 0 aliphatic heterocycles. The molecule has 0 bridgehead atoms. The Labute approximate surface area is 171 Å². The Bertz CT molecular complexity index is 1120. The van der Waals surface area contributed by atoms with Crippen LogP contribution in [0, 0.1) is 5.92 Å². The van der Waals surface area contributed by atoms with Crippen LogP contribution in [0.2, 0.25) is 0 Å². The van der Waals surface area contributed by atoms with Crippen LogP contribution in [0.3, 0.4) is 0 Å². The first-order chi connectivity index (χ1) is 14.1. The average molecular weight is 383 g/mol. The molecule has 1 aliphatic rings. The van der Waals surface area contributed by atoms with Crippen molar-refractivity contribution < 1.29 is 4.79 Å². The molecule has 0 saturated heterocycles. The Hall–Kier alpha value is -3.07. The minimum atomic E-state index is 0.312. The minimum absolute atomic E-state index is 0.312. The zero-order chi connectivity index (χ0) is 20.2. The van der Waals surface area contributed by atoms with Crippen molar-refractivity contribution in [2.75, 3.05) is 0 Å². The summed E-state index contributed by atoms with van der Waals surface area (Å²) in [7, 11) is 0. The summed E-state index contributed by atoms with van der Waals surface area (Å²) in [6, 6.07) is 15.3. The summed E-state index contributed by atoms with van der Waals surface area (Å²) in [6.45, 7) is 4.53. The molecule has 1 aliphatic carbocycles. The average Bonchev–Trinajstić information content (AvgIpc) is 2.75. The maximum absolute atomic E-state index is 12.3. The molecule has 0 unspecified atom stereocenters. The lowest BCUT2D eigenvalue weighted by atomic mass is 9.84. The first kappa shape index (κ1) is 19.3. The Morgan fingerprint density at radius 2 is 1.48 bits per heavy atom. The smallest absolute Gasteiger partial charge is 0.163 e. The van der Waals surface area contributed by atoms with Gasteiger partial charge in [-0.1, -0.05) is 56.3 Å². The second-order valence-corrected chi connectivity index (χ2v) is 8.04. The fraction of sp³-hybridized carbons (Fsp3) is 0.269. The molecule has 0 radical (unpaired) electrons. The van der Waals surface area contributed by atoms with E-state index in [-0.39, 0.29) is 0 Å². The van der Waals surface area contributed by atoms with Crippen LogP contribution in [0.4, 0.5) is 0 Å². The van der Waals surface area contributed by atoms with Gasteiger partial charge in [-0.05, 0) is 57.9 Å². The molecule has 1 heterocycles. The van der Waals surface area contributed by atoms with Crippen molar-refractivity contribution in [3.8, 4) is 0 Å². The topological polar surface area (TPSA) is 42.9 Å². The van der Waals surface area contributed by atoms with Crippen molar-refractivity contribution in [2.24, 2.45) is 5.92 Å². The monoisotopic (exact) mass is 382 g/mol. The summed E-state index contributed by atoms with van der Waals surface area (Å²) in [4.78, 5) is 19.7. The Balaban J connectivity index is 0.000000294. The van der Waals surface area contributed by atoms with Crippen LogP contribution in [0.15, 0.2) is 67.3 Å². The van der Waals surface area contributed by atoms with E-state index in [1.165, 1.54) is 32.7 Å². The molecule has 0 atom stereocenters. The van der Waals surface area contributed by atoms with Gasteiger partial charge in [-0.15, -0.1) is 0 Å². The van der Waals surface area contributed by atoms with Gasteiger partial charge in [0.2, 0.25) is 0 Å². The predicted molar refractivity (Wildman–Crippen MR) is 119 cm³/mol. The molecule has 0 N–H and O–H groups in total. The number of carbonyl (C=O) groups excluding carboxylic acids is 1. The third-order valence-electron chi connectivity index (χ3n) is 5.48. The van der Waals surface area contributed by atoms with Gasteiger partial charge in [0.05, 0.1) is 0 Å². The van der Waals surface area contributed by atoms with Crippen molar-refractivity contribution >= 4 is 27.3 Å². The number of benzene rings is 3. The van der Waals surface area contributed by atoms with Crippen LogP contribution in [0.25, 0.3) is 21.5 Å². The van der Waals surface area contributed by atoms with Gasteiger partial charge < -0.3 is 0 Å². The number of rotatable bonds is 2. The van der Waals surface area contributed by atoms with E-state index in [0.29, 0.717) is 18.1 Å².